The minimum Gasteiger partial charge on any atom is -0.353 e. The first kappa shape index (κ1) is 20.8. The Bertz CT molecular complexity index is 771. The molecule has 3 saturated heterocycles. The van der Waals surface area contributed by atoms with Gasteiger partial charge in [-0.1, -0.05) is 18.2 Å². The lowest BCUT2D eigenvalue weighted by Crippen LogP contribution is -2.60. The second-order valence-electron chi connectivity index (χ2n) is 7.90. The molecule has 1 aromatic carbocycles. The van der Waals surface area contributed by atoms with E-state index < -0.39 is 11.8 Å². The molecule has 0 aliphatic carbocycles. The van der Waals surface area contributed by atoms with Crippen LogP contribution in [0.1, 0.15) is 19.3 Å². The molecule has 1 aromatic rings. The van der Waals surface area contributed by atoms with Crippen molar-refractivity contribution in [2.24, 2.45) is 0 Å². The molecule has 0 bridgehead atoms. The highest BCUT2D eigenvalue weighted by atomic mass is 16.7. The second kappa shape index (κ2) is 9.11. The van der Waals surface area contributed by atoms with Gasteiger partial charge in [-0.25, -0.2) is 0 Å². The summed E-state index contributed by atoms with van der Waals surface area (Å²) in [6.45, 7) is 3.66. The van der Waals surface area contributed by atoms with Crippen molar-refractivity contribution in [1.82, 2.24) is 15.1 Å². The maximum Gasteiger partial charge on any atom is 0.243 e. The summed E-state index contributed by atoms with van der Waals surface area (Å²) in [5, 5.41) is 5.55. The fourth-order valence-electron chi connectivity index (χ4n) is 4.24. The Hall–Kier alpha value is -2.49. The van der Waals surface area contributed by atoms with E-state index in [2.05, 4.69) is 15.5 Å². The van der Waals surface area contributed by atoms with E-state index in [-0.39, 0.29) is 30.7 Å². The number of rotatable bonds is 5. The summed E-state index contributed by atoms with van der Waals surface area (Å²) >= 11 is 0. The molecule has 30 heavy (non-hydrogen) atoms. The van der Waals surface area contributed by atoms with Crippen LogP contribution in [0.5, 0.6) is 0 Å². The van der Waals surface area contributed by atoms with Crippen LogP contribution in [0.3, 0.4) is 0 Å². The van der Waals surface area contributed by atoms with Crippen LogP contribution in [0.15, 0.2) is 30.3 Å². The largest absolute Gasteiger partial charge is 0.353 e. The van der Waals surface area contributed by atoms with Crippen LogP contribution in [-0.4, -0.2) is 85.3 Å². The predicted octanol–water partition coefficient (Wildman–Crippen LogP) is 0.181. The Kier molecular flexibility index (Phi) is 6.31. The van der Waals surface area contributed by atoms with Gasteiger partial charge in [0.05, 0.1) is 26.2 Å². The van der Waals surface area contributed by atoms with E-state index in [1.54, 1.807) is 12.1 Å². The summed E-state index contributed by atoms with van der Waals surface area (Å²) in [7, 11) is 0. The molecule has 3 aliphatic heterocycles. The normalized spacial score (nSPS) is 23.9. The number of piperazine rings is 1. The van der Waals surface area contributed by atoms with Gasteiger partial charge in [0, 0.05) is 44.7 Å². The van der Waals surface area contributed by atoms with Crippen molar-refractivity contribution >= 4 is 23.4 Å². The molecule has 162 valence electrons. The summed E-state index contributed by atoms with van der Waals surface area (Å²) in [6.07, 6.45) is 1.38. The molecule has 4 rings (SSSR count). The van der Waals surface area contributed by atoms with Crippen LogP contribution in [0.4, 0.5) is 5.69 Å². The third kappa shape index (κ3) is 4.80. The average Bonchev–Trinajstić information content (AvgIpc) is 3.20. The number of likely N-dealkylation sites (tertiary alicyclic amines) is 1. The van der Waals surface area contributed by atoms with Gasteiger partial charge < -0.3 is 25.0 Å². The summed E-state index contributed by atoms with van der Waals surface area (Å²) in [5.41, 5.74) is 0.662. The van der Waals surface area contributed by atoms with Gasteiger partial charge in [0.25, 0.3) is 0 Å². The number of carbonyl (C=O) groups excluding carboxylic acids is 3. The van der Waals surface area contributed by atoms with E-state index in [4.69, 9.17) is 9.47 Å². The molecule has 3 amide bonds. The van der Waals surface area contributed by atoms with E-state index in [1.165, 1.54) is 4.90 Å². The standard InChI is InChI=1S/C21H28N4O5/c26-18(23-16-4-2-1-3-5-16)14-17-20(28)22-8-11-25(17)19(27)15-24-9-6-21(7-10-24)29-12-13-30-21/h1-5,17H,6-15H2,(H,22,28)(H,23,26)/t17-/m1/s1. The number of nitrogens with one attached hydrogen (secondary N) is 2. The summed E-state index contributed by atoms with van der Waals surface area (Å²) in [4.78, 5) is 41.5. The monoisotopic (exact) mass is 416 g/mol. The Morgan fingerprint density at radius 3 is 2.50 bits per heavy atom. The number of ether oxygens (including phenoxy) is 2. The van der Waals surface area contributed by atoms with Gasteiger partial charge >= 0.3 is 0 Å². The van der Waals surface area contributed by atoms with E-state index in [0.29, 0.717) is 45.1 Å². The lowest BCUT2D eigenvalue weighted by molar-refractivity contribution is -0.186. The lowest BCUT2D eigenvalue weighted by atomic mass is 10.0. The number of anilines is 1. The predicted molar refractivity (Wildman–Crippen MR) is 109 cm³/mol. The number of hydrogen-bond acceptors (Lipinski definition) is 6. The number of hydrogen-bond donors (Lipinski definition) is 2. The van der Waals surface area contributed by atoms with Crippen molar-refractivity contribution in [3.05, 3.63) is 30.3 Å². The van der Waals surface area contributed by atoms with Crippen LogP contribution in [0, 0.1) is 0 Å². The van der Waals surface area contributed by atoms with Crippen LogP contribution in [0.25, 0.3) is 0 Å². The molecule has 3 fully saturated rings. The topological polar surface area (TPSA) is 100 Å². The summed E-state index contributed by atoms with van der Waals surface area (Å²) in [5.74, 6) is -1.20. The first-order valence-corrected chi connectivity index (χ1v) is 10.5. The van der Waals surface area contributed by atoms with Gasteiger partial charge in [-0.2, -0.15) is 0 Å². The highest BCUT2D eigenvalue weighted by molar-refractivity contribution is 5.97. The number of benzene rings is 1. The fraction of sp³-hybridized carbons (Fsp3) is 0.571. The smallest absolute Gasteiger partial charge is 0.243 e. The minimum absolute atomic E-state index is 0.0722. The second-order valence-corrected chi connectivity index (χ2v) is 7.90. The molecule has 2 N–H and O–H groups in total. The third-order valence-corrected chi connectivity index (χ3v) is 5.88. The van der Waals surface area contributed by atoms with Crippen LogP contribution >= 0.6 is 0 Å². The van der Waals surface area contributed by atoms with Crippen LogP contribution < -0.4 is 10.6 Å². The lowest BCUT2D eigenvalue weighted by Gasteiger charge is -2.39. The highest BCUT2D eigenvalue weighted by Crippen LogP contribution is 2.31. The Balaban J connectivity index is 1.33. The third-order valence-electron chi connectivity index (χ3n) is 5.88. The highest BCUT2D eigenvalue weighted by Gasteiger charge is 2.41. The first-order chi connectivity index (χ1) is 14.5. The molecule has 0 unspecified atom stereocenters. The zero-order valence-electron chi connectivity index (χ0n) is 17.0. The Labute approximate surface area is 175 Å². The van der Waals surface area contributed by atoms with E-state index in [9.17, 15) is 14.4 Å². The van der Waals surface area contributed by atoms with E-state index in [1.807, 2.05) is 18.2 Å². The molecule has 0 aromatic heterocycles. The van der Waals surface area contributed by atoms with Gasteiger partial charge in [0.1, 0.15) is 6.04 Å². The SMILES string of the molecule is O=C(C[C@@H]1C(=O)NCCN1C(=O)CN1CCC2(CC1)OCCO2)Nc1ccccc1. The van der Waals surface area contributed by atoms with Gasteiger partial charge in [-0.3, -0.25) is 19.3 Å². The quantitative estimate of drug-likeness (QED) is 0.711. The number of para-hydroxylation sites is 1. The zero-order valence-corrected chi connectivity index (χ0v) is 17.0. The molecule has 0 radical (unpaired) electrons. The van der Waals surface area contributed by atoms with Crippen LogP contribution in [-0.2, 0) is 23.9 Å². The summed E-state index contributed by atoms with van der Waals surface area (Å²) < 4.78 is 11.5. The number of piperidine rings is 1. The molecule has 1 spiro atoms. The first-order valence-electron chi connectivity index (χ1n) is 10.5. The molecule has 3 heterocycles. The van der Waals surface area contributed by atoms with Crippen LogP contribution in [0.2, 0.25) is 0 Å². The van der Waals surface area contributed by atoms with Gasteiger partial charge in [-0.05, 0) is 12.1 Å². The van der Waals surface area contributed by atoms with Crippen molar-refractivity contribution in [3.63, 3.8) is 0 Å². The van der Waals surface area contributed by atoms with Crippen molar-refractivity contribution in [2.75, 3.05) is 51.3 Å². The molecule has 3 aliphatic rings. The van der Waals surface area contributed by atoms with Crippen molar-refractivity contribution < 1.29 is 23.9 Å². The molecule has 0 saturated carbocycles. The van der Waals surface area contributed by atoms with Crippen molar-refractivity contribution in [1.29, 1.82) is 0 Å². The molecule has 9 nitrogen and oxygen atoms in total. The number of carbonyl (C=O) groups is 3. The summed E-state index contributed by atoms with van der Waals surface area (Å²) in [6, 6.07) is 8.27. The Morgan fingerprint density at radius 2 is 1.80 bits per heavy atom. The average molecular weight is 416 g/mol. The molecule has 1 atom stereocenters. The van der Waals surface area contributed by atoms with Crippen molar-refractivity contribution in [2.45, 2.75) is 31.1 Å². The number of amides is 3. The van der Waals surface area contributed by atoms with Crippen molar-refractivity contribution in [3.8, 4) is 0 Å². The fourth-order valence-corrected chi connectivity index (χ4v) is 4.24. The minimum atomic E-state index is -0.799. The Morgan fingerprint density at radius 1 is 1.10 bits per heavy atom. The van der Waals surface area contributed by atoms with E-state index in [0.717, 1.165) is 12.8 Å². The molecule has 9 heteroatoms. The van der Waals surface area contributed by atoms with E-state index >= 15 is 0 Å². The van der Waals surface area contributed by atoms with Gasteiger partial charge in [-0.15, -0.1) is 0 Å². The zero-order chi connectivity index (χ0) is 21.0. The molecular formula is C21H28N4O5. The maximum absolute atomic E-state index is 13.0. The van der Waals surface area contributed by atoms with Gasteiger partial charge in [0.2, 0.25) is 17.7 Å². The number of nitrogens with zero attached hydrogens (tertiary/aromatic N) is 2. The maximum atomic E-state index is 13.0. The molecular weight excluding hydrogens is 388 g/mol. The van der Waals surface area contributed by atoms with Gasteiger partial charge in [0.15, 0.2) is 5.79 Å².